The van der Waals surface area contributed by atoms with Crippen molar-refractivity contribution >= 4 is 46.8 Å². The Hall–Kier alpha value is -3.99. The second kappa shape index (κ2) is 12.3. The van der Waals surface area contributed by atoms with Gasteiger partial charge in [-0.2, -0.15) is 5.10 Å². The van der Waals surface area contributed by atoms with E-state index in [1.807, 2.05) is 25.1 Å². The van der Waals surface area contributed by atoms with Gasteiger partial charge in [-0.1, -0.05) is 32.0 Å². The summed E-state index contributed by atoms with van der Waals surface area (Å²) in [6.07, 6.45) is -1.31. The van der Waals surface area contributed by atoms with Crippen molar-refractivity contribution in [2.24, 2.45) is 5.10 Å². The number of ether oxygens (including phenoxy) is 1. The van der Waals surface area contributed by atoms with Gasteiger partial charge in [0.15, 0.2) is 10.9 Å². The maximum atomic E-state index is 12.3. The molecule has 0 atom stereocenters. The minimum Gasteiger partial charge on any atom is -0.406 e. The normalized spacial score (nSPS) is 12.1. The first-order valence-corrected chi connectivity index (χ1v) is 11.7. The first kappa shape index (κ1) is 27.6. The highest BCUT2D eigenvalue weighted by Gasteiger charge is 2.31. The second-order valence-corrected chi connectivity index (χ2v) is 8.78. The van der Waals surface area contributed by atoms with E-state index in [1.165, 1.54) is 24.3 Å². The standard InChI is InChI=1S/C26H27F3N6OS/c1-17(2)22-7-5-6-8-23(22)31-25(37)34-30-16-18(3)15-19-9-14-24(33-32-19)35(4)20-10-12-21(13-11-20)36-26(27,28)29/h5-17H,1-4H3,(H2,31,34,37)/b18-15+,30-16+. The molecule has 0 spiro atoms. The summed E-state index contributed by atoms with van der Waals surface area (Å²) in [5.41, 5.74) is 6.95. The molecule has 3 aromatic rings. The summed E-state index contributed by atoms with van der Waals surface area (Å²) in [6.45, 7) is 6.10. The number of hydrogen-bond donors (Lipinski definition) is 2. The van der Waals surface area contributed by atoms with Crippen molar-refractivity contribution in [1.82, 2.24) is 15.6 Å². The highest BCUT2D eigenvalue weighted by molar-refractivity contribution is 7.80. The molecule has 1 heterocycles. The van der Waals surface area contributed by atoms with Gasteiger partial charge in [0.05, 0.1) is 11.9 Å². The lowest BCUT2D eigenvalue weighted by Gasteiger charge is -2.18. The van der Waals surface area contributed by atoms with Crippen molar-refractivity contribution in [1.29, 1.82) is 0 Å². The third kappa shape index (κ3) is 8.57. The molecule has 0 amide bonds. The summed E-state index contributed by atoms with van der Waals surface area (Å²) < 4.78 is 40.9. The minimum absolute atomic E-state index is 0.292. The van der Waals surface area contributed by atoms with Gasteiger partial charge >= 0.3 is 6.36 Å². The molecular weight excluding hydrogens is 501 g/mol. The van der Waals surface area contributed by atoms with Crippen LogP contribution in [0.4, 0.5) is 30.4 Å². The Kier molecular flexibility index (Phi) is 9.18. The number of alkyl halides is 3. The summed E-state index contributed by atoms with van der Waals surface area (Å²) >= 11 is 5.33. The number of hydrogen-bond acceptors (Lipinski definition) is 6. The number of nitrogens with one attached hydrogen (secondary N) is 2. The third-order valence-corrected chi connectivity index (χ3v) is 5.31. The van der Waals surface area contributed by atoms with E-state index >= 15 is 0 Å². The predicted molar refractivity (Wildman–Crippen MR) is 145 cm³/mol. The van der Waals surface area contributed by atoms with Crippen molar-refractivity contribution in [3.63, 3.8) is 0 Å². The molecule has 7 nitrogen and oxygen atoms in total. The van der Waals surface area contributed by atoms with E-state index in [1.54, 1.807) is 36.4 Å². The molecule has 0 saturated carbocycles. The number of thiocarbonyl (C=S) groups is 1. The number of para-hydroxylation sites is 1. The molecule has 0 bridgehead atoms. The average molecular weight is 529 g/mol. The summed E-state index contributed by atoms with van der Waals surface area (Å²) in [7, 11) is 1.74. The van der Waals surface area contributed by atoms with Crippen LogP contribution in [0, 0.1) is 0 Å². The van der Waals surface area contributed by atoms with E-state index in [0.29, 0.717) is 28.2 Å². The van der Waals surface area contributed by atoms with Crippen LogP contribution < -0.4 is 20.4 Å². The molecule has 0 aliphatic heterocycles. The first-order chi connectivity index (χ1) is 17.5. The van der Waals surface area contributed by atoms with Crippen LogP contribution in [0.3, 0.4) is 0 Å². The number of anilines is 3. The minimum atomic E-state index is -4.73. The Morgan fingerprint density at radius 1 is 1.05 bits per heavy atom. The number of rotatable bonds is 8. The molecule has 0 aliphatic carbocycles. The molecule has 0 aliphatic rings. The fourth-order valence-corrected chi connectivity index (χ4v) is 3.49. The van der Waals surface area contributed by atoms with E-state index in [2.05, 4.69) is 50.7 Å². The Labute approximate surface area is 219 Å². The first-order valence-electron chi connectivity index (χ1n) is 11.3. The fourth-order valence-electron chi connectivity index (χ4n) is 3.32. The number of halogens is 3. The Bertz CT molecular complexity index is 1260. The predicted octanol–water partition coefficient (Wildman–Crippen LogP) is 6.64. The number of nitrogens with zero attached hydrogens (tertiary/aromatic N) is 4. The van der Waals surface area contributed by atoms with Crippen LogP contribution in [0.5, 0.6) is 5.75 Å². The van der Waals surface area contributed by atoms with Gasteiger partial charge in [0.25, 0.3) is 0 Å². The summed E-state index contributed by atoms with van der Waals surface area (Å²) in [5, 5.41) is 16.1. The monoisotopic (exact) mass is 528 g/mol. The topological polar surface area (TPSA) is 74.7 Å². The molecule has 0 unspecified atom stereocenters. The van der Waals surface area contributed by atoms with Gasteiger partial charge in [0, 0.05) is 18.4 Å². The Morgan fingerprint density at radius 2 is 1.76 bits per heavy atom. The second-order valence-electron chi connectivity index (χ2n) is 8.37. The molecule has 0 radical (unpaired) electrons. The van der Waals surface area contributed by atoms with E-state index < -0.39 is 6.36 Å². The van der Waals surface area contributed by atoms with Gasteiger partial charge < -0.3 is 15.0 Å². The molecule has 2 N–H and O–H groups in total. The van der Waals surface area contributed by atoms with Crippen molar-refractivity contribution in [2.45, 2.75) is 33.1 Å². The van der Waals surface area contributed by atoms with Crippen LogP contribution in [0.25, 0.3) is 6.08 Å². The number of allylic oxidation sites excluding steroid dienone is 1. The molecule has 1 aromatic heterocycles. The van der Waals surface area contributed by atoms with E-state index in [4.69, 9.17) is 12.2 Å². The average Bonchev–Trinajstić information content (AvgIpc) is 2.84. The molecule has 194 valence electrons. The lowest BCUT2D eigenvalue weighted by molar-refractivity contribution is -0.274. The van der Waals surface area contributed by atoms with Gasteiger partial charge in [0.2, 0.25) is 0 Å². The van der Waals surface area contributed by atoms with Crippen molar-refractivity contribution in [3.8, 4) is 5.75 Å². The zero-order valence-corrected chi connectivity index (χ0v) is 21.6. The number of benzene rings is 2. The van der Waals surface area contributed by atoms with Gasteiger partial charge in [0.1, 0.15) is 5.75 Å². The van der Waals surface area contributed by atoms with E-state index in [0.717, 1.165) is 16.8 Å². The van der Waals surface area contributed by atoms with Crippen molar-refractivity contribution in [2.75, 3.05) is 17.3 Å². The number of hydrazone groups is 1. The Balaban J connectivity index is 1.56. The summed E-state index contributed by atoms with van der Waals surface area (Å²) in [6, 6.07) is 17.0. The largest absolute Gasteiger partial charge is 0.573 e. The lowest BCUT2D eigenvalue weighted by atomic mass is 10.0. The molecule has 3 rings (SSSR count). The number of aromatic nitrogens is 2. The molecule has 11 heteroatoms. The van der Waals surface area contributed by atoms with Gasteiger partial charge in [-0.15, -0.1) is 23.4 Å². The van der Waals surface area contributed by atoms with Crippen LogP contribution in [0.15, 0.2) is 71.3 Å². The fraction of sp³-hybridized carbons (Fsp3) is 0.231. The van der Waals surface area contributed by atoms with Crippen molar-refractivity contribution in [3.05, 3.63) is 77.5 Å². The highest BCUT2D eigenvalue weighted by Crippen LogP contribution is 2.27. The van der Waals surface area contributed by atoms with Crippen molar-refractivity contribution < 1.29 is 17.9 Å². The van der Waals surface area contributed by atoms with Crippen LogP contribution in [-0.4, -0.2) is 34.9 Å². The SMILES string of the molecule is CC(/C=N/NC(=S)Nc1ccccc1C(C)C)=C\c1ccc(N(C)c2ccc(OC(F)(F)F)cc2)nn1. The maximum Gasteiger partial charge on any atom is 0.573 e. The van der Waals surface area contributed by atoms with Gasteiger partial charge in [-0.25, -0.2) is 0 Å². The van der Waals surface area contributed by atoms with Crippen LogP contribution in [0.2, 0.25) is 0 Å². The van der Waals surface area contributed by atoms with E-state index in [9.17, 15) is 13.2 Å². The summed E-state index contributed by atoms with van der Waals surface area (Å²) in [4.78, 5) is 1.70. The maximum absolute atomic E-state index is 12.3. The highest BCUT2D eigenvalue weighted by atomic mass is 32.1. The smallest absolute Gasteiger partial charge is 0.406 e. The van der Waals surface area contributed by atoms with Crippen LogP contribution in [0.1, 0.15) is 37.9 Å². The molecule has 2 aromatic carbocycles. The van der Waals surface area contributed by atoms with E-state index in [-0.39, 0.29) is 5.75 Å². The third-order valence-electron chi connectivity index (χ3n) is 5.11. The van der Waals surface area contributed by atoms with Crippen LogP contribution in [-0.2, 0) is 0 Å². The Morgan fingerprint density at radius 3 is 2.38 bits per heavy atom. The molecule has 0 saturated heterocycles. The van der Waals surface area contributed by atoms with Crippen LogP contribution >= 0.6 is 12.2 Å². The quantitative estimate of drug-likeness (QED) is 0.193. The zero-order chi connectivity index (χ0) is 27.0. The zero-order valence-electron chi connectivity index (χ0n) is 20.7. The van der Waals surface area contributed by atoms with Gasteiger partial charge in [-0.05, 0) is 84.7 Å². The van der Waals surface area contributed by atoms with Gasteiger partial charge in [-0.3, -0.25) is 5.43 Å². The summed E-state index contributed by atoms with van der Waals surface area (Å²) in [5.74, 6) is 0.582. The lowest BCUT2D eigenvalue weighted by Crippen LogP contribution is -2.24. The molecule has 37 heavy (non-hydrogen) atoms. The molecular formula is C26H27F3N6OS. The molecule has 0 fully saturated rings.